The van der Waals surface area contributed by atoms with Gasteiger partial charge in [0.05, 0.1) is 18.7 Å². The molecule has 23 heavy (non-hydrogen) atoms. The minimum Gasteiger partial charge on any atom is -0.392 e. The third kappa shape index (κ3) is 5.30. The molecular weight excluding hydrogens is 290 g/mol. The lowest BCUT2D eigenvalue weighted by Crippen LogP contribution is -2.47. The van der Waals surface area contributed by atoms with Gasteiger partial charge in [0.2, 0.25) is 5.91 Å². The molecule has 1 fully saturated rings. The van der Waals surface area contributed by atoms with Crippen molar-refractivity contribution in [2.75, 3.05) is 40.3 Å². The van der Waals surface area contributed by atoms with E-state index >= 15 is 0 Å². The number of benzene rings is 1. The van der Waals surface area contributed by atoms with Crippen LogP contribution in [0.4, 0.5) is 0 Å². The minimum absolute atomic E-state index is 0.0227. The summed E-state index contributed by atoms with van der Waals surface area (Å²) < 4.78 is 0. The number of nitrogens with one attached hydrogen (secondary N) is 1. The number of carbonyl (C=O) groups excluding carboxylic acids is 1. The van der Waals surface area contributed by atoms with E-state index in [1.807, 2.05) is 37.2 Å². The monoisotopic (exact) mass is 319 g/mol. The van der Waals surface area contributed by atoms with Crippen LogP contribution in [0, 0.1) is 5.92 Å². The van der Waals surface area contributed by atoms with Crippen molar-refractivity contribution in [3.8, 4) is 0 Å². The number of hydrogen-bond acceptors (Lipinski definition) is 4. The Bertz CT molecular complexity index is 492. The van der Waals surface area contributed by atoms with Crippen molar-refractivity contribution >= 4 is 5.91 Å². The number of aliphatic hydroxyl groups excluding tert-OH is 1. The Morgan fingerprint density at radius 1 is 1.39 bits per heavy atom. The molecule has 1 aromatic carbocycles. The first-order valence-electron chi connectivity index (χ1n) is 8.36. The van der Waals surface area contributed by atoms with Crippen molar-refractivity contribution in [2.24, 2.45) is 5.92 Å². The summed E-state index contributed by atoms with van der Waals surface area (Å²) >= 11 is 0. The first-order valence-corrected chi connectivity index (χ1v) is 8.36. The molecule has 5 nitrogen and oxygen atoms in total. The van der Waals surface area contributed by atoms with Crippen LogP contribution in [0.2, 0.25) is 0 Å². The molecule has 1 aliphatic rings. The third-order valence-electron chi connectivity index (χ3n) is 4.67. The zero-order chi connectivity index (χ0) is 16.8. The number of likely N-dealkylation sites (tertiary alicyclic amines) is 1. The Labute approximate surface area is 139 Å². The van der Waals surface area contributed by atoms with Crippen LogP contribution in [0.1, 0.15) is 24.9 Å². The molecule has 0 aromatic heterocycles. The van der Waals surface area contributed by atoms with Gasteiger partial charge in [-0.3, -0.25) is 9.69 Å². The Balaban J connectivity index is 1.83. The van der Waals surface area contributed by atoms with Gasteiger partial charge in [-0.2, -0.15) is 0 Å². The van der Waals surface area contributed by atoms with E-state index in [4.69, 9.17) is 0 Å². The summed E-state index contributed by atoms with van der Waals surface area (Å²) in [6, 6.07) is 10.4. The first kappa shape index (κ1) is 17.9. The molecule has 1 heterocycles. The van der Waals surface area contributed by atoms with Crippen LogP contribution in [0.25, 0.3) is 0 Å². The van der Waals surface area contributed by atoms with E-state index in [0.717, 1.165) is 13.0 Å². The van der Waals surface area contributed by atoms with Crippen LogP contribution >= 0.6 is 0 Å². The van der Waals surface area contributed by atoms with Crippen molar-refractivity contribution in [3.63, 3.8) is 0 Å². The maximum atomic E-state index is 12.2. The van der Waals surface area contributed by atoms with E-state index in [9.17, 15) is 9.90 Å². The third-order valence-corrected chi connectivity index (χ3v) is 4.67. The number of amides is 1. The SMILES string of the molecule is C[C@@H]1CCN(CC(=O)NC[C@H](c2ccccc2)N(C)C)C[C@H]1O. The summed E-state index contributed by atoms with van der Waals surface area (Å²) in [5.41, 5.74) is 1.19. The van der Waals surface area contributed by atoms with Crippen molar-refractivity contribution in [3.05, 3.63) is 35.9 Å². The van der Waals surface area contributed by atoms with Gasteiger partial charge < -0.3 is 15.3 Å². The van der Waals surface area contributed by atoms with Crippen LogP contribution in [0.5, 0.6) is 0 Å². The molecule has 0 spiro atoms. The molecule has 3 atom stereocenters. The summed E-state index contributed by atoms with van der Waals surface area (Å²) in [6.45, 7) is 4.47. The largest absolute Gasteiger partial charge is 0.392 e. The maximum absolute atomic E-state index is 12.2. The summed E-state index contributed by atoms with van der Waals surface area (Å²) in [5, 5.41) is 13.0. The number of hydrogen-bond donors (Lipinski definition) is 2. The number of aliphatic hydroxyl groups is 1. The van der Waals surface area contributed by atoms with E-state index in [-0.39, 0.29) is 18.1 Å². The van der Waals surface area contributed by atoms with Crippen LogP contribution < -0.4 is 5.32 Å². The van der Waals surface area contributed by atoms with Crippen molar-refractivity contribution in [2.45, 2.75) is 25.5 Å². The summed E-state index contributed by atoms with van der Waals surface area (Å²) in [6.07, 6.45) is 0.620. The molecule has 0 radical (unpaired) electrons. The lowest BCUT2D eigenvalue weighted by atomic mass is 9.96. The van der Waals surface area contributed by atoms with Crippen molar-refractivity contribution < 1.29 is 9.90 Å². The quantitative estimate of drug-likeness (QED) is 0.825. The van der Waals surface area contributed by atoms with Gasteiger partial charge in [0, 0.05) is 13.1 Å². The first-order chi connectivity index (χ1) is 11.0. The maximum Gasteiger partial charge on any atom is 0.234 e. The molecule has 1 aromatic rings. The van der Waals surface area contributed by atoms with E-state index < -0.39 is 0 Å². The fourth-order valence-electron chi connectivity index (χ4n) is 3.00. The topological polar surface area (TPSA) is 55.8 Å². The Morgan fingerprint density at radius 3 is 2.70 bits per heavy atom. The average molecular weight is 319 g/mol. The molecule has 0 saturated carbocycles. The number of nitrogens with zero attached hydrogens (tertiary/aromatic N) is 2. The second-order valence-corrected chi connectivity index (χ2v) is 6.76. The molecule has 128 valence electrons. The lowest BCUT2D eigenvalue weighted by Gasteiger charge is -2.34. The molecule has 5 heteroatoms. The molecule has 0 unspecified atom stereocenters. The molecule has 0 bridgehead atoms. The molecule has 1 amide bonds. The molecule has 0 aliphatic carbocycles. The van der Waals surface area contributed by atoms with Gasteiger partial charge in [0.25, 0.3) is 0 Å². The molecular formula is C18H29N3O2. The predicted octanol–water partition coefficient (Wildman–Crippen LogP) is 1.11. The molecule has 2 rings (SSSR count). The average Bonchev–Trinajstić information content (AvgIpc) is 2.52. The molecule has 1 aliphatic heterocycles. The number of carbonyl (C=O) groups is 1. The van der Waals surface area contributed by atoms with E-state index in [1.165, 1.54) is 5.56 Å². The fraction of sp³-hybridized carbons (Fsp3) is 0.611. The van der Waals surface area contributed by atoms with Gasteiger partial charge in [0.1, 0.15) is 0 Å². The lowest BCUT2D eigenvalue weighted by molar-refractivity contribution is -0.123. The van der Waals surface area contributed by atoms with Crippen LogP contribution in [-0.2, 0) is 4.79 Å². The summed E-state index contributed by atoms with van der Waals surface area (Å²) in [4.78, 5) is 16.4. The second kappa shape index (κ2) is 8.43. The van der Waals surface area contributed by atoms with Gasteiger partial charge in [-0.15, -0.1) is 0 Å². The molecule has 2 N–H and O–H groups in total. The summed E-state index contributed by atoms with van der Waals surface area (Å²) in [5.74, 6) is 0.347. The van der Waals surface area contributed by atoms with E-state index in [2.05, 4.69) is 29.3 Å². The zero-order valence-corrected chi connectivity index (χ0v) is 14.4. The Morgan fingerprint density at radius 2 is 2.09 bits per heavy atom. The normalized spacial score (nSPS) is 23.7. The standard InChI is InChI=1S/C18H29N3O2/c1-14-9-10-21(12-17(14)22)13-18(23)19-11-16(20(2)3)15-7-5-4-6-8-15/h4-8,14,16-17,22H,9-13H2,1-3H3,(H,19,23)/t14-,16-,17-/m1/s1. The van der Waals surface area contributed by atoms with Gasteiger partial charge in [-0.25, -0.2) is 0 Å². The van der Waals surface area contributed by atoms with Gasteiger partial charge in [-0.1, -0.05) is 37.3 Å². The fourth-order valence-corrected chi connectivity index (χ4v) is 3.00. The molecule has 1 saturated heterocycles. The van der Waals surface area contributed by atoms with E-state index in [0.29, 0.717) is 25.6 Å². The van der Waals surface area contributed by atoms with Crippen LogP contribution in [0.15, 0.2) is 30.3 Å². The highest BCUT2D eigenvalue weighted by Crippen LogP contribution is 2.18. The van der Waals surface area contributed by atoms with Crippen LogP contribution in [0.3, 0.4) is 0 Å². The predicted molar refractivity (Wildman–Crippen MR) is 92.1 cm³/mol. The Kier molecular flexibility index (Phi) is 6.57. The Hall–Kier alpha value is -1.43. The highest BCUT2D eigenvalue weighted by Gasteiger charge is 2.25. The zero-order valence-electron chi connectivity index (χ0n) is 14.4. The smallest absolute Gasteiger partial charge is 0.234 e. The van der Waals surface area contributed by atoms with Gasteiger partial charge in [0.15, 0.2) is 0 Å². The minimum atomic E-state index is -0.324. The number of likely N-dealkylation sites (N-methyl/N-ethyl adjacent to an activating group) is 1. The summed E-state index contributed by atoms with van der Waals surface area (Å²) in [7, 11) is 4.04. The van der Waals surface area contributed by atoms with Crippen molar-refractivity contribution in [1.29, 1.82) is 0 Å². The van der Waals surface area contributed by atoms with Crippen LogP contribution in [-0.4, -0.2) is 67.2 Å². The van der Waals surface area contributed by atoms with E-state index in [1.54, 1.807) is 0 Å². The highest BCUT2D eigenvalue weighted by atomic mass is 16.3. The van der Waals surface area contributed by atoms with Gasteiger partial charge in [-0.05, 0) is 38.5 Å². The van der Waals surface area contributed by atoms with Crippen molar-refractivity contribution in [1.82, 2.24) is 15.1 Å². The number of rotatable bonds is 6. The number of piperidine rings is 1. The van der Waals surface area contributed by atoms with Gasteiger partial charge >= 0.3 is 0 Å². The number of β-amino-alcohol motifs (C(OH)–C–C–N with tert-alkyl or cyclic N) is 1. The highest BCUT2D eigenvalue weighted by molar-refractivity contribution is 5.78. The second-order valence-electron chi connectivity index (χ2n) is 6.76.